The molecule has 0 atom stereocenters. The Labute approximate surface area is 103 Å². The van der Waals surface area contributed by atoms with E-state index in [1.807, 2.05) is 0 Å². The molecule has 0 radical (unpaired) electrons. The average Bonchev–Trinajstić information content (AvgIpc) is 2.82. The number of nitrogens with one attached hydrogen (secondary N) is 1. The highest BCUT2D eigenvalue weighted by molar-refractivity contribution is 6.16. The molecule has 0 aliphatic carbocycles. The summed E-state index contributed by atoms with van der Waals surface area (Å²) in [5.74, 6) is -0.916. The number of ether oxygens (including phenoxy) is 1. The van der Waals surface area contributed by atoms with Crippen LogP contribution in [0.4, 0.5) is 5.82 Å². The standard InChI is InChI=1S/C11H13N3O4/c1-3-18-11(17)9-6(2)12-13-10(9)14-5-7(15)4-8(14)16/h3-5H2,1-2H3,(H,12,13). The number of carbonyl (C=O) groups is 3. The van der Waals surface area contributed by atoms with Crippen molar-refractivity contribution in [3.8, 4) is 0 Å². The lowest BCUT2D eigenvalue weighted by Crippen LogP contribution is -2.27. The minimum Gasteiger partial charge on any atom is -0.462 e. The number of anilines is 1. The summed E-state index contributed by atoms with van der Waals surface area (Å²) in [5, 5.41) is 6.55. The van der Waals surface area contributed by atoms with E-state index in [0.717, 1.165) is 0 Å². The van der Waals surface area contributed by atoms with E-state index in [4.69, 9.17) is 4.74 Å². The Balaban J connectivity index is 2.37. The second-order valence-corrected chi connectivity index (χ2v) is 3.96. The summed E-state index contributed by atoms with van der Waals surface area (Å²) >= 11 is 0. The molecule has 18 heavy (non-hydrogen) atoms. The number of amides is 1. The van der Waals surface area contributed by atoms with E-state index in [1.54, 1.807) is 13.8 Å². The molecule has 2 heterocycles. The van der Waals surface area contributed by atoms with Gasteiger partial charge in [0, 0.05) is 5.69 Å². The Bertz CT molecular complexity index is 520. The van der Waals surface area contributed by atoms with E-state index in [-0.39, 0.29) is 42.6 Å². The van der Waals surface area contributed by atoms with Gasteiger partial charge in [-0.2, -0.15) is 5.10 Å². The number of rotatable bonds is 3. The zero-order valence-electron chi connectivity index (χ0n) is 10.1. The number of carbonyl (C=O) groups excluding carboxylic acids is 3. The van der Waals surface area contributed by atoms with Gasteiger partial charge in [0.2, 0.25) is 5.91 Å². The third-order valence-corrected chi connectivity index (χ3v) is 2.65. The summed E-state index contributed by atoms with van der Waals surface area (Å²) in [7, 11) is 0. The Hall–Kier alpha value is -2.18. The molecule has 96 valence electrons. The molecule has 1 aliphatic heterocycles. The van der Waals surface area contributed by atoms with Gasteiger partial charge in [0.1, 0.15) is 5.56 Å². The van der Waals surface area contributed by atoms with Crippen molar-refractivity contribution in [1.82, 2.24) is 10.2 Å². The lowest BCUT2D eigenvalue weighted by Gasteiger charge is -2.12. The molecule has 1 aromatic heterocycles. The van der Waals surface area contributed by atoms with Crippen molar-refractivity contribution in [1.29, 1.82) is 0 Å². The maximum Gasteiger partial charge on any atom is 0.343 e. The van der Waals surface area contributed by atoms with E-state index >= 15 is 0 Å². The first-order valence-corrected chi connectivity index (χ1v) is 5.58. The van der Waals surface area contributed by atoms with Gasteiger partial charge in [-0.15, -0.1) is 0 Å². The van der Waals surface area contributed by atoms with Gasteiger partial charge in [0.15, 0.2) is 11.6 Å². The van der Waals surface area contributed by atoms with Crippen LogP contribution in [0.5, 0.6) is 0 Å². The number of aromatic nitrogens is 2. The maximum absolute atomic E-state index is 11.8. The highest BCUT2D eigenvalue weighted by Crippen LogP contribution is 2.24. The van der Waals surface area contributed by atoms with Crippen LogP contribution in [0.15, 0.2) is 0 Å². The number of H-pyrrole nitrogens is 1. The van der Waals surface area contributed by atoms with Crippen molar-refractivity contribution in [2.75, 3.05) is 18.1 Å². The molecule has 1 fully saturated rings. The van der Waals surface area contributed by atoms with E-state index in [2.05, 4.69) is 10.2 Å². The fraction of sp³-hybridized carbons (Fsp3) is 0.455. The van der Waals surface area contributed by atoms with Crippen LogP contribution in [0.1, 0.15) is 29.4 Å². The van der Waals surface area contributed by atoms with Crippen molar-refractivity contribution < 1.29 is 19.1 Å². The third kappa shape index (κ3) is 1.99. The van der Waals surface area contributed by atoms with Crippen molar-refractivity contribution >= 4 is 23.5 Å². The van der Waals surface area contributed by atoms with Gasteiger partial charge < -0.3 is 4.74 Å². The molecule has 0 unspecified atom stereocenters. The molecule has 1 aliphatic rings. The molecule has 0 aromatic carbocycles. The van der Waals surface area contributed by atoms with Crippen LogP contribution in [0, 0.1) is 6.92 Å². The van der Waals surface area contributed by atoms with E-state index in [0.29, 0.717) is 5.69 Å². The number of hydrogen-bond acceptors (Lipinski definition) is 5. The first-order chi connectivity index (χ1) is 8.54. The fourth-order valence-corrected chi connectivity index (χ4v) is 1.84. The Morgan fingerprint density at radius 3 is 2.78 bits per heavy atom. The minimum atomic E-state index is -0.550. The van der Waals surface area contributed by atoms with Gasteiger partial charge in [-0.05, 0) is 13.8 Å². The number of hydrogen-bond donors (Lipinski definition) is 1. The van der Waals surface area contributed by atoms with Gasteiger partial charge in [-0.1, -0.05) is 0 Å². The van der Waals surface area contributed by atoms with Gasteiger partial charge in [-0.3, -0.25) is 19.6 Å². The number of aryl methyl sites for hydroxylation is 1. The summed E-state index contributed by atoms with van der Waals surface area (Å²) in [4.78, 5) is 35.9. The molecule has 7 heteroatoms. The van der Waals surface area contributed by atoms with Crippen LogP contribution in [-0.2, 0) is 14.3 Å². The SMILES string of the molecule is CCOC(=O)c1c(N2CC(=O)CC2=O)n[nH]c1C. The lowest BCUT2D eigenvalue weighted by molar-refractivity contribution is -0.121. The Kier molecular flexibility index (Phi) is 3.14. The van der Waals surface area contributed by atoms with Crippen LogP contribution in [0.2, 0.25) is 0 Å². The quantitative estimate of drug-likeness (QED) is 0.612. The highest BCUT2D eigenvalue weighted by Gasteiger charge is 2.34. The van der Waals surface area contributed by atoms with Crippen LogP contribution < -0.4 is 4.90 Å². The number of ketones is 1. The first-order valence-electron chi connectivity index (χ1n) is 5.58. The molecule has 1 saturated heterocycles. The molecule has 1 aromatic rings. The Morgan fingerprint density at radius 2 is 2.22 bits per heavy atom. The molecule has 1 amide bonds. The normalized spacial score (nSPS) is 15.3. The van der Waals surface area contributed by atoms with Crippen molar-refractivity contribution in [2.45, 2.75) is 20.3 Å². The average molecular weight is 251 g/mol. The molecular formula is C11H13N3O4. The number of Topliss-reactive ketones (excluding diaryl/α,β-unsaturated/α-hetero) is 1. The second kappa shape index (κ2) is 4.59. The van der Waals surface area contributed by atoms with Crippen LogP contribution in [0.3, 0.4) is 0 Å². The summed E-state index contributed by atoms with van der Waals surface area (Å²) in [6.45, 7) is 3.54. The van der Waals surface area contributed by atoms with Crippen molar-refractivity contribution in [2.24, 2.45) is 0 Å². The van der Waals surface area contributed by atoms with Crippen molar-refractivity contribution in [3.63, 3.8) is 0 Å². The summed E-state index contributed by atoms with van der Waals surface area (Å²) in [5.41, 5.74) is 0.718. The Morgan fingerprint density at radius 1 is 1.50 bits per heavy atom. The minimum absolute atomic E-state index is 0.0461. The molecule has 0 spiro atoms. The highest BCUT2D eigenvalue weighted by atomic mass is 16.5. The van der Waals surface area contributed by atoms with Gasteiger partial charge >= 0.3 is 5.97 Å². The van der Waals surface area contributed by atoms with Crippen LogP contribution in [0.25, 0.3) is 0 Å². The number of esters is 1. The summed E-state index contributed by atoms with van der Waals surface area (Å²) in [6, 6.07) is 0. The molecule has 2 rings (SSSR count). The first kappa shape index (κ1) is 12.3. The van der Waals surface area contributed by atoms with Crippen LogP contribution in [-0.4, -0.2) is 41.0 Å². The topological polar surface area (TPSA) is 92.4 Å². The number of aromatic amines is 1. The van der Waals surface area contributed by atoms with E-state index < -0.39 is 5.97 Å². The molecule has 1 N–H and O–H groups in total. The largest absolute Gasteiger partial charge is 0.462 e. The predicted octanol–water partition coefficient (Wildman–Crippen LogP) is 0.201. The van der Waals surface area contributed by atoms with Crippen molar-refractivity contribution in [3.05, 3.63) is 11.3 Å². The number of nitrogens with zero attached hydrogens (tertiary/aromatic N) is 2. The predicted molar refractivity (Wildman–Crippen MR) is 61.3 cm³/mol. The van der Waals surface area contributed by atoms with E-state index in [1.165, 1.54) is 4.90 Å². The third-order valence-electron chi connectivity index (χ3n) is 2.65. The van der Waals surface area contributed by atoms with Gasteiger partial charge in [0.25, 0.3) is 0 Å². The van der Waals surface area contributed by atoms with E-state index in [9.17, 15) is 14.4 Å². The molecule has 0 saturated carbocycles. The molecular weight excluding hydrogens is 238 g/mol. The summed E-state index contributed by atoms with van der Waals surface area (Å²) in [6.07, 6.45) is -0.145. The molecule has 0 bridgehead atoms. The molecule has 7 nitrogen and oxygen atoms in total. The summed E-state index contributed by atoms with van der Waals surface area (Å²) < 4.78 is 4.91. The van der Waals surface area contributed by atoms with Gasteiger partial charge in [0.05, 0.1) is 19.6 Å². The smallest absolute Gasteiger partial charge is 0.343 e. The lowest BCUT2D eigenvalue weighted by atomic mass is 10.2. The van der Waals surface area contributed by atoms with Gasteiger partial charge in [-0.25, -0.2) is 4.79 Å². The monoisotopic (exact) mass is 251 g/mol. The maximum atomic E-state index is 11.8. The zero-order valence-corrected chi connectivity index (χ0v) is 10.1. The second-order valence-electron chi connectivity index (χ2n) is 3.96. The van der Waals surface area contributed by atoms with Crippen LogP contribution >= 0.6 is 0 Å². The zero-order chi connectivity index (χ0) is 13.3. The fourth-order valence-electron chi connectivity index (χ4n) is 1.84.